The molecule has 0 unspecified atom stereocenters. The number of allylic oxidation sites excluding steroid dienone is 2. The third-order valence-electron chi connectivity index (χ3n) is 8.76. The lowest BCUT2D eigenvalue weighted by atomic mass is 9.91. The SMILES string of the molecule is O=C(C1CCN(CC2CCNCC2)CC1)N1CCC(n2c(C3=CC=CCN3)nc3cc(F)ccc32)CC1. The maximum atomic E-state index is 14.0. The van der Waals surface area contributed by atoms with E-state index in [0.29, 0.717) is 11.4 Å². The maximum absolute atomic E-state index is 14.0. The van der Waals surface area contributed by atoms with Gasteiger partial charge in [0, 0.05) is 44.2 Å². The monoisotopic (exact) mass is 506 g/mol. The van der Waals surface area contributed by atoms with Crippen LogP contribution in [0, 0.1) is 17.7 Å². The van der Waals surface area contributed by atoms with Gasteiger partial charge < -0.3 is 25.0 Å². The lowest BCUT2D eigenvalue weighted by Crippen LogP contribution is -2.46. The van der Waals surface area contributed by atoms with Crippen LogP contribution < -0.4 is 10.6 Å². The molecule has 2 N–H and O–H groups in total. The van der Waals surface area contributed by atoms with Gasteiger partial charge in [0.1, 0.15) is 5.82 Å². The Kier molecular flexibility index (Phi) is 7.29. The van der Waals surface area contributed by atoms with E-state index in [2.05, 4.69) is 31.1 Å². The normalized spacial score (nSPS) is 22.8. The van der Waals surface area contributed by atoms with Gasteiger partial charge in [0.25, 0.3) is 0 Å². The average Bonchev–Trinajstić information content (AvgIpc) is 3.33. The van der Waals surface area contributed by atoms with E-state index >= 15 is 0 Å². The van der Waals surface area contributed by atoms with Crippen LogP contribution in [0.2, 0.25) is 0 Å². The molecule has 4 aliphatic rings. The Labute approximate surface area is 218 Å². The van der Waals surface area contributed by atoms with Crippen molar-refractivity contribution in [2.45, 2.75) is 44.6 Å². The molecule has 37 heavy (non-hydrogen) atoms. The number of nitrogens with one attached hydrogen (secondary N) is 2. The summed E-state index contributed by atoms with van der Waals surface area (Å²) in [6.45, 7) is 7.88. The number of benzene rings is 1. The van der Waals surface area contributed by atoms with Gasteiger partial charge in [-0.1, -0.05) is 12.2 Å². The van der Waals surface area contributed by atoms with E-state index in [-0.39, 0.29) is 17.8 Å². The number of hydrogen-bond donors (Lipinski definition) is 2. The Morgan fingerprint density at radius 3 is 2.54 bits per heavy atom. The number of hydrogen-bond acceptors (Lipinski definition) is 5. The summed E-state index contributed by atoms with van der Waals surface area (Å²) in [7, 11) is 0. The van der Waals surface area contributed by atoms with Gasteiger partial charge in [-0.25, -0.2) is 9.37 Å². The number of nitrogens with zero attached hydrogens (tertiary/aromatic N) is 4. The van der Waals surface area contributed by atoms with E-state index in [9.17, 15) is 9.18 Å². The van der Waals surface area contributed by atoms with E-state index in [4.69, 9.17) is 4.98 Å². The van der Waals surface area contributed by atoms with Crippen molar-refractivity contribution in [3.63, 3.8) is 0 Å². The van der Waals surface area contributed by atoms with Gasteiger partial charge >= 0.3 is 0 Å². The summed E-state index contributed by atoms with van der Waals surface area (Å²) in [5.41, 5.74) is 2.61. The number of imidazole rings is 1. The standard InChI is InChI=1S/C29H39FN6O/c30-23-4-5-27-26(19-23)33-28(25-3-1-2-12-32-25)36(27)24-10-17-35(18-11-24)29(37)22-8-15-34(16-9-22)20-21-6-13-31-14-7-21/h1-5,19,21-22,24,31-32H,6-18,20H2. The molecule has 1 amide bonds. The second kappa shape index (κ2) is 11.0. The summed E-state index contributed by atoms with van der Waals surface area (Å²) in [6.07, 6.45) is 12.4. The van der Waals surface area contributed by atoms with Gasteiger partial charge in [-0.15, -0.1) is 0 Å². The van der Waals surface area contributed by atoms with Crippen molar-refractivity contribution in [3.05, 3.63) is 48.1 Å². The van der Waals surface area contributed by atoms with Crippen LogP contribution in [0.1, 0.15) is 50.4 Å². The highest BCUT2D eigenvalue weighted by molar-refractivity contribution is 5.81. The molecule has 198 valence electrons. The molecule has 1 aromatic heterocycles. The highest BCUT2D eigenvalue weighted by atomic mass is 19.1. The molecule has 0 bridgehead atoms. The van der Waals surface area contributed by atoms with Crippen molar-refractivity contribution < 1.29 is 9.18 Å². The van der Waals surface area contributed by atoms with E-state index in [1.54, 1.807) is 0 Å². The summed E-state index contributed by atoms with van der Waals surface area (Å²) < 4.78 is 16.3. The minimum absolute atomic E-state index is 0.164. The van der Waals surface area contributed by atoms with Crippen LogP contribution in [0.3, 0.4) is 0 Å². The summed E-state index contributed by atoms with van der Waals surface area (Å²) in [5, 5.41) is 6.87. The fourth-order valence-electron chi connectivity index (χ4n) is 6.64. The summed E-state index contributed by atoms with van der Waals surface area (Å²) in [5.74, 6) is 1.91. The van der Waals surface area contributed by atoms with Crippen LogP contribution in [0.4, 0.5) is 4.39 Å². The number of dihydropyridines is 1. The first-order chi connectivity index (χ1) is 18.2. The number of halogens is 1. The Bertz CT molecular complexity index is 1170. The zero-order chi connectivity index (χ0) is 25.2. The molecule has 0 radical (unpaired) electrons. The molecule has 0 atom stereocenters. The molecule has 7 nitrogen and oxygen atoms in total. The largest absolute Gasteiger partial charge is 0.379 e. The number of amides is 1. The second-order valence-electron chi connectivity index (χ2n) is 11.2. The predicted molar refractivity (Wildman–Crippen MR) is 144 cm³/mol. The highest BCUT2D eigenvalue weighted by Gasteiger charge is 2.33. The first-order valence-electron chi connectivity index (χ1n) is 14.2. The summed E-state index contributed by atoms with van der Waals surface area (Å²) in [4.78, 5) is 22.9. The number of rotatable bonds is 5. The lowest BCUT2D eigenvalue weighted by molar-refractivity contribution is -0.138. The van der Waals surface area contributed by atoms with E-state index in [0.717, 1.165) is 94.5 Å². The predicted octanol–water partition coefficient (Wildman–Crippen LogP) is 3.55. The molecule has 1 aromatic carbocycles. The molecule has 8 heteroatoms. The molecule has 2 aromatic rings. The molecule has 4 aliphatic heterocycles. The van der Waals surface area contributed by atoms with Crippen LogP contribution in [-0.4, -0.2) is 77.6 Å². The molecule has 0 saturated carbocycles. The molecular weight excluding hydrogens is 467 g/mol. The van der Waals surface area contributed by atoms with Crippen LogP contribution >= 0.6 is 0 Å². The van der Waals surface area contributed by atoms with E-state index in [1.807, 2.05) is 18.2 Å². The van der Waals surface area contributed by atoms with Gasteiger partial charge in [-0.2, -0.15) is 0 Å². The Balaban J connectivity index is 1.09. The minimum Gasteiger partial charge on any atom is -0.379 e. The van der Waals surface area contributed by atoms with Gasteiger partial charge in [-0.05, 0) is 88.8 Å². The first-order valence-corrected chi connectivity index (χ1v) is 14.2. The third kappa shape index (κ3) is 5.32. The number of aromatic nitrogens is 2. The number of fused-ring (bicyclic) bond motifs is 1. The Morgan fingerprint density at radius 2 is 1.81 bits per heavy atom. The van der Waals surface area contributed by atoms with Gasteiger partial charge in [0.2, 0.25) is 5.91 Å². The topological polar surface area (TPSA) is 65.4 Å². The smallest absolute Gasteiger partial charge is 0.225 e. The van der Waals surface area contributed by atoms with Gasteiger partial charge in [0.15, 0.2) is 5.82 Å². The zero-order valence-electron chi connectivity index (χ0n) is 21.7. The van der Waals surface area contributed by atoms with Crippen molar-refractivity contribution >= 4 is 22.6 Å². The molecule has 3 fully saturated rings. The first kappa shape index (κ1) is 24.6. The van der Waals surface area contributed by atoms with E-state index in [1.165, 1.54) is 31.5 Å². The van der Waals surface area contributed by atoms with Crippen molar-refractivity contribution in [3.8, 4) is 0 Å². The number of piperidine rings is 3. The van der Waals surface area contributed by atoms with Crippen LogP contribution in [-0.2, 0) is 4.79 Å². The Hall–Kier alpha value is -2.71. The lowest BCUT2D eigenvalue weighted by Gasteiger charge is -2.39. The van der Waals surface area contributed by atoms with Crippen LogP contribution in [0.15, 0.2) is 36.4 Å². The minimum atomic E-state index is -0.267. The molecule has 3 saturated heterocycles. The van der Waals surface area contributed by atoms with Gasteiger partial charge in [0.05, 0.1) is 16.7 Å². The number of carbonyl (C=O) groups is 1. The number of likely N-dealkylation sites (tertiary alicyclic amines) is 2. The zero-order valence-corrected chi connectivity index (χ0v) is 21.7. The van der Waals surface area contributed by atoms with Gasteiger partial charge in [-0.3, -0.25) is 4.79 Å². The summed E-state index contributed by atoms with van der Waals surface area (Å²) >= 11 is 0. The van der Waals surface area contributed by atoms with Crippen molar-refractivity contribution in [2.24, 2.45) is 11.8 Å². The molecule has 0 spiro atoms. The molecule has 0 aliphatic carbocycles. The van der Waals surface area contributed by atoms with Crippen LogP contribution in [0.25, 0.3) is 16.7 Å². The fraction of sp³-hybridized carbons (Fsp3) is 0.586. The quantitative estimate of drug-likeness (QED) is 0.650. The van der Waals surface area contributed by atoms with Crippen molar-refractivity contribution in [1.82, 2.24) is 30.0 Å². The fourth-order valence-corrected chi connectivity index (χ4v) is 6.64. The maximum Gasteiger partial charge on any atom is 0.225 e. The third-order valence-corrected chi connectivity index (χ3v) is 8.76. The van der Waals surface area contributed by atoms with Crippen molar-refractivity contribution in [1.29, 1.82) is 0 Å². The van der Waals surface area contributed by atoms with E-state index < -0.39 is 0 Å². The average molecular weight is 507 g/mol. The molecular formula is C29H39FN6O. The second-order valence-corrected chi connectivity index (χ2v) is 11.2. The number of carbonyl (C=O) groups excluding carboxylic acids is 1. The Morgan fingerprint density at radius 1 is 1.03 bits per heavy atom. The van der Waals surface area contributed by atoms with Crippen LogP contribution in [0.5, 0.6) is 0 Å². The van der Waals surface area contributed by atoms with Crippen molar-refractivity contribution in [2.75, 3.05) is 52.4 Å². The molecule has 6 rings (SSSR count). The molecule has 5 heterocycles. The summed E-state index contributed by atoms with van der Waals surface area (Å²) in [6, 6.07) is 5.11. The highest BCUT2D eigenvalue weighted by Crippen LogP contribution is 2.33.